The summed E-state index contributed by atoms with van der Waals surface area (Å²) in [5.74, 6) is -0.322. The molecule has 1 aromatic carbocycles. The molecule has 110 valence electrons. The van der Waals surface area contributed by atoms with Crippen LogP contribution in [-0.4, -0.2) is 38.3 Å². The molecule has 0 bridgehead atoms. The lowest BCUT2D eigenvalue weighted by molar-refractivity contribution is -0.123. The van der Waals surface area contributed by atoms with E-state index in [1.54, 1.807) is 6.07 Å². The number of carbonyl (C=O) groups is 1. The van der Waals surface area contributed by atoms with E-state index in [0.717, 1.165) is 0 Å². The quantitative estimate of drug-likeness (QED) is 0.807. The maximum Gasteiger partial charge on any atom is 0.247 e. The van der Waals surface area contributed by atoms with Crippen LogP contribution in [0.1, 0.15) is 12.8 Å². The zero-order valence-electron chi connectivity index (χ0n) is 11.0. The Morgan fingerprint density at radius 2 is 2.20 bits per heavy atom. The second-order valence-electron chi connectivity index (χ2n) is 4.55. The van der Waals surface area contributed by atoms with Crippen molar-refractivity contribution in [2.45, 2.75) is 23.8 Å². The second-order valence-corrected chi connectivity index (χ2v) is 6.78. The summed E-state index contributed by atoms with van der Waals surface area (Å²) in [5, 5.41) is 2.54. The van der Waals surface area contributed by atoms with Crippen molar-refractivity contribution in [1.82, 2.24) is 9.62 Å². The number of halogens is 1. The summed E-state index contributed by atoms with van der Waals surface area (Å²) in [6.07, 6.45) is 1.12. The third-order valence-electron chi connectivity index (χ3n) is 3.32. The van der Waals surface area contributed by atoms with Gasteiger partial charge in [0.1, 0.15) is 10.9 Å². The number of amides is 1. The first kappa shape index (κ1) is 15.1. The predicted octanol–water partition coefficient (Wildman–Crippen LogP) is 0.821. The molecule has 0 spiro atoms. The maximum absolute atomic E-state index is 12.7. The number of nitrogen functional groups attached to an aromatic ring is 1. The Morgan fingerprint density at radius 3 is 2.80 bits per heavy atom. The van der Waals surface area contributed by atoms with Gasteiger partial charge in [0.05, 0.1) is 10.7 Å². The number of hydrogen-bond acceptors (Lipinski definition) is 4. The molecule has 2 rings (SSSR count). The molecule has 3 N–H and O–H groups in total. The molecule has 1 aromatic rings. The van der Waals surface area contributed by atoms with Crippen molar-refractivity contribution in [3.8, 4) is 0 Å². The minimum atomic E-state index is -3.89. The van der Waals surface area contributed by atoms with Gasteiger partial charge >= 0.3 is 0 Å². The highest BCUT2D eigenvalue weighted by atomic mass is 35.5. The van der Waals surface area contributed by atoms with Crippen molar-refractivity contribution in [2.24, 2.45) is 0 Å². The summed E-state index contributed by atoms with van der Waals surface area (Å²) in [4.78, 5) is 11.7. The van der Waals surface area contributed by atoms with Gasteiger partial charge in [0.15, 0.2) is 0 Å². The number of rotatable bonds is 3. The second kappa shape index (κ2) is 5.59. The van der Waals surface area contributed by atoms with Crippen molar-refractivity contribution < 1.29 is 13.2 Å². The number of nitrogens with two attached hydrogens (primary N) is 1. The topological polar surface area (TPSA) is 92.5 Å². The SMILES string of the molecule is CNC(=O)C1CCCN1S(=O)(=O)c1c(N)cccc1Cl. The number of benzene rings is 1. The lowest BCUT2D eigenvalue weighted by Gasteiger charge is -2.23. The lowest BCUT2D eigenvalue weighted by Crippen LogP contribution is -2.45. The molecule has 1 fully saturated rings. The number of carbonyl (C=O) groups excluding carboxylic acids is 1. The van der Waals surface area contributed by atoms with Crippen LogP contribution in [0, 0.1) is 0 Å². The van der Waals surface area contributed by atoms with Crippen LogP contribution in [0.5, 0.6) is 0 Å². The Balaban J connectivity index is 2.47. The Kier molecular flexibility index (Phi) is 4.22. The predicted molar refractivity (Wildman–Crippen MR) is 76.8 cm³/mol. The van der Waals surface area contributed by atoms with Crippen LogP contribution >= 0.6 is 11.6 Å². The molecule has 0 aromatic heterocycles. The summed E-state index contributed by atoms with van der Waals surface area (Å²) in [7, 11) is -2.41. The fourth-order valence-corrected chi connectivity index (χ4v) is 4.67. The highest BCUT2D eigenvalue weighted by molar-refractivity contribution is 7.89. The molecule has 1 amide bonds. The van der Waals surface area contributed by atoms with E-state index >= 15 is 0 Å². The molecule has 0 radical (unpaired) electrons. The number of nitrogens with one attached hydrogen (secondary N) is 1. The fourth-order valence-electron chi connectivity index (χ4n) is 2.37. The molecule has 1 aliphatic heterocycles. The van der Waals surface area contributed by atoms with Gasteiger partial charge < -0.3 is 11.1 Å². The van der Waals surface area contributed by atoms with Crippen molar-refractivity contribution in [2.75, 3.05) is 19.3 Å². The van der Waals surface area contributed by atoms with E-state index in [-0.39, 0.29) is 28.1 Å². The van der Waals surface area contributed by atoms with Gasteiger partial charge in [-0.3, -0.25) is 4.79 Å². The van der Waals surface area contributed by atoms with Crippen LogP contribution in [0.15, 0.2) is 23.1 Å². The molecule has 20 heavy (non-hydrogen) atoms. The van der Waals surface area contributed by atoms with Crippen LogP contribution in [0.25, 0.3) is 0 Å². The molecule has 0 saturated carbocycles. The summed E-state index contributed by atoms with van der Waals surface area (Å²) < 4.78 is 26.5. The van der Waals surface area contributed by atoms with Crippen LogP contribution in [0.4, 0.5) is 5.69 Å². The van der Waals surface area contributed by atoms with Crippen LogP contribution in [0.2, 0.25) is 5.02 Å². The average Bonchev–Trinajstić information content (AvgIpc) is 2.87. The van der Waals surface area contributed by atoms with Crippen LogP contribution in [0.3, 0.4) is 0 Å². The molecule has 1 heterocycles. The van der Waals surface area contributed by atoms with Gasteiger partial charge in [-0.15, -0.1) is 0 Å². The minimum Gasteiger partial charge on any atom is -0.398 e. The van der Waals surface area contributed by atoms with Gasteiger partial charge in [-0.1, -0.05) is 17.7 Å². The number of nitrogens with zero attached hydrogens (tertiary/aromatic N) is 1. The van der Waals surface area contributed by atoms with Gasteiger partial charge in [0, 0.05) is 13.6 Å². The minimum absolute atomic E-state index is 0.0626. The third kappa shape index (κ3) is 2.48. The molecule has 1 saturated heterocycles. The Labute approximate surface area is 122 Å². The molecule has 6 nitrogen and oxygen atoms in total. The smallest absolute Gasteiger partial charge is 0.247 e. The summed E-state index contributed by atoms with van der Waals surface area (Å²) >= 11 is 5.97. The molecule has 1 aliphatic rings. The normalized spacial score (nSPS) is 20.0. The molecule has 8 heteroatoms. The largest absolute Gasteiger partial charge is 0.398 e. The first-order valence-electron chi connectivity index (χ1n) is 6.17. The van der Waals surface area contributed by atoms with Gasteiger partial charge in [-0.2, -0.15) is 4.31 Å². The zero-order valence-corrected chi connectivity index (χ0v) is 12.5. The molecule has 0 aliphatic carbocycles. The van der Waals surface area contributed by atoms with E-state index in [0.29, 0.717) is 12.8 Å². The molecular formula is C12H16ClN3O3S. The van der Waals surface area contributed by atoms with E-state index in [1.165, 1.54) is 23.5 Å². The molecule has 1 unspecified atom stereocenters. The zero-order chi connectivity index (χ0) is 14.9. The first-order valence-corrected chi connectivity index (χ1v) is 7.99. The summed E-state index contributed by atoms with van der Waals surface area (Å²) in [6.45, 7) is 0.283. The summed E-state index contributed by atoms with van der Waals surface area (Å²) in [5.41, 5.74) is 5.82. The van der Waals surface area contributed by atoms with Crippen LogP contribution in [-0.2, 0) is 14.8 Å². The first-order chi connectivity index (χ1) is 9.39. The lowest BCUT2D eigenvalue weighted by atomic mass is 10.2. The molecule has 1 atom stereocenters. The number of sulfonamides is 1. The van der Waals surface area contributed by atoms with Gasteiger partial charge in [-0.05, 0) is 25.0 Å². The Morgan fingerprint density at radius 1 is 1.50 bits per heavy atom. The van der Waals surface area contributed by atoms with E-state index in [4.69, 9.17) is 17.3 Å². The highest BCUT2D eigenvalue weighted by Gasteiger charge is 2.40. The van der Waals surface area contributed by atoms with Crippen molar-refractivity contribution in [1.29, 1.82) is 0 Å². The van der Waals surface area contributed by atoms with Crippen molar-refractivity contribution in [3.63, 3.8) is 0 Å². The number of anilines is 1. The highest BCUT2D eigenvalue weighted by Crippen LogP contribution is 2.33. The van der Waals surface area contributed by atoms with Crippen molar-refractivity contribution in [3.05, 3.63) is 23.2 Å². The standard InChI is InChI=1S/C12H16ClN3O3S/c1-15-12(17)10-6-3-7-16(10)20(18,19)11-8(13)4-2-5-9(11)14/h2,4-5,10H,3,6-7,14H2,1H3,(H,15,17). The van der Waals surface area contributed by atoms with E-state index in [2.05, 4.69) is 5.32 Å². The van der Waals surface area contributed by atoms with E-state index in [9.17, 15) is 13.2 Å². The molecular weight excluding hydrogens is 302 g/mol. The number of hydrogen-bond donors (Lipinski definition) is 2. The van der Waals surface area contributed by atoms with Crippen LogP contribution < -0.4 is 11.1 Å². The van der Waals surface area contributed by atoms with Gasteiger partial charge in [-0.25, -0.2) is 8.42 Å². The Hall–Kier alpha value is -1.31. The van der Waals surface area contributed by atoms with Gasteiger partial charge in [0.2, 0.25) is 15.9 Å². The van der Waals surface area contributed by atoms with E-state index in [1.807, 2.05) is 0 Å². The van der Waals surface area contributed by atoms with E-state index < -0.39 is 16.1 Å². The third-order valence-corrected chi connectivity index (χ3v) is 5.77. The maximum atomic E-state index is 12.7. The monoisotopic (exact) mass is 317 g/mol. The summed E-state index contributed by atoms with van der Waals surface area (Å²) in [6, 6.07) is 3.82. The fraction of sp³-hybridized carbons (Fsp3) is 0.417. The van der Waals surface area contributed by atoms with Gasteiger partial charge in [0.25, 0.3) is 0 Å². The Bertz CT molecular complexity index is 613. The van der Waals surface area contributed by atoms with Crippen molar-refractivity contribution >= 4 is 33.2 Å². The average molecular weight is 318 g/mol. The number of likely N-dealkylation sites (N-methyl/N-ethyl adjacent to an activating group) is 1.